The van der Waals surface area contributed by atoms with Gasteiger partial charge in [-0.3, -0.25) is 9.59 Å². The number of carbonyl (C=O) groups excluding carboxylic acids is 3. The van der Waals surface area contributed by atoms with E-state index in [1.54, 1.807) is 0 Å². The molecule has 0 saturated carbocycles. The fourth-order valence-electron chi connectivity index (χ4n) is 1.32. The number of esters is 1. The second-order valence-electron chi connectivity index (χ2n) is 3.42. The summed E-state index contributed by atoms with van der Waals surface area (Å²) >= 11 is 11.6. The maximum atomic E-state index is 12.1. The highest BCUT2D eigenvalue weighted by Crippen LogP contribution is 2.25. The first-order valence-corrected chi connectivity index (χ1v) is 6.11. The summed E-state index contributed by atoms with van der Waals surface area (Å²) in [5.74, 6) is -3.76. The number of carbonyl (C=O) groups is 3. The van der Waals surface area contributed by atoms with Crippen molar-refractivity contribution in [2.45, 2.75) is 6.92 Å². The quantitative estimate of drug-likeness (QED) is 0.171. The van der Waals surface area contributed by atoms with Gasteiger partial charge in [-0.1, -0.05) is 34.4 Å². The van der Waals surface area contributed by atoms with E-state index >= 15 is 0 Å². The molecule has 6 nitrogen and oxygen atoms in total. The first kappa shape index (κ1) is 16.1. The molecule has 0 unspecified atom stereocenters. The monoisotopic (exact) mass is 317 g/mol. The molecular formula is C12H9Cl2NO5. The molecule has 0 aliphatic heterocycles. The predicted molar refractivity (Wildman–Crippen MR) is 71.7 cm³/mol. The first-order valence-electron chi connectivity index (χ1n) is 5.36. The minimum atomic E-state index is -1.38. The van der Waals surface area contributed by atoms with Gasteiger partial charge in [0.05, 0.1) is 22.2 Å². The maximum Gasteiger partial charge on any atom is 0.381 e. The Kier molecular flexibility index (Phi) is 5.66. The summed E-state index contributed by atoms with van der Waals surface area (Å²) in [7, 11) is 0. The van der Waals surface area contributed by atoms with Crippen LogP contribution in [0.2, 0.25) is 10.0 Å². The highest BCUT2D eigenvalue weighted by Gasteiger charge is 2.31. The van der Waals surface area contributed by atoms with Crippen LogP contribution in [0.3, 0.4) is 0 Å². The summed E-state index contributed by atoms with van der Waals surface area (Å²) in [5.41, 5.74) is -1.25. The van der Waals surface area contributed by atoms with Crippen molar-refractivity contribution in [3.8, 4) is 0 Å². The molecule has 0 fully saturated rings. The molecule has 1 aromatic carbocycles. The topological polar surface area (TPSA) is 93.0 Å². The van der Waals surface area contributed by atoms with Crippen LogP contribution in [-0.2, 0) is 14.3 Å². The van der Waals surface area contributed by atoms with Gasteiger partial charge in [-0.25, -0.2) is 4.79 Å². The molecule has 0 aliphatic carbocycles. The molecule has 1 aromatic rings. The summed E-state index contributed by atoms with van der Waals surface area (Å²) in [6, 6.07) is 4.22. The average molecular weight is 318 g/mol. The van der Waals surface area contributed by atoms with Gasteiger partial charge >= 0.3 is 5.97 Å². The molecule has 0 bridgehead atoms. The minimum absolute atomic E-state index is 0.0414. The van der Waals surface area contributed by atoms with E-state index in [1.165, 1.54) is 25.1 Å². The highest BCUT2D eigenvalue weighted by atomic mass is 35.5. The summed E-state index contributed by atoms with van der Waals surface area (Å²) < 4.78 is 4.43. The minimum Gasteiger partial charge on any atom is -0.460 e. The fourth-order valence-corrected chi connectivity index (χ4v) is 1.89. The molecule has 20 heavy (non-hydrogen) atoms. The van der Waals surface area contributed by atoms with Gasteiger partial charge < -0.3 is 9.94 Å². The van der Waals surface area contributed by atoms with Gasteiger partial charge in [-0.15, -0.1) is 0 Å². The molecule has 0 saturated heterocycles. The molecule has 8 heteroatoms. The van der Waals surface area contributed by atoms with Crippen molar-refractivity contribution in [2.24, 2.45) is 5.16 Å². The summed E-state index contributed by atoms with van der Waals surface area (Å²) in [5, 5.41) is 11.2. The number of hydrogen-bond acceptors (Lipinski definition) is 6. The maximum absolute atomic E-state index is 12.1. The van der Waals surface area contributed by atoms with Crippen LogP contribution in [0.4, 0.5) is 0 Å². The highest BCUT2D eigenvalue weighted by molar-refractivity contribution is 6.81. The Morgan fingerprint density at radius 2 is 1.80 bits per heavy atom. The van der Waals surface area contributed by atoms with E-state index in [2.05, 4.69) is 9.89 Å². The van der Waals surface area contributed by atoms with Gasteiger partial charge in [0.2, 0.25) is 11.5 Å². The number of oxime groups is 1. The van der Waals surface area contributed by atoms with Crippen LogP contribution in [0.1, 0.15) is 17.3 Å². The smallest absolute Gasteiger partial charge is 0.381 e. The Morgan fingerprint density at radius 3 is 2.25 bits per heavy atom. The Labute approximate surface area is 123 Å². The average Bonchev–Trinajstić information content (AvgIpc) is 2.39. The molecule has 1 rings (SSSR count). The second-order valence-corrected chi connectivity index (χ2v) is 4.24. The third-order valence-electron chi connectivity index (χ3n) is 2.18. The third-order valence-corrected chi connectivity index (χ3v) is 2.81. The number of halogens is 2. The van der Waals surface area contributed by atoms with Crippen LogP contribution in [0.15, 0.2) is 23.4 Å². The Morgan fingerprint density at radius 1 is 1.25 bits per heavy atom. The SMILES string of the molecule is CCOC(=O)C(=O)/C(=N/O)C(=O)c1c(Cl)cccc1Cl. The molecule has 0 aliphatic rings. The van der Waals surface area contributed by atoms with Gasteiger partial charge in [-0.2, -0.15) is 0 Å². The molecule has 0 amide bonds. The van der Waals surface area contributed by atoms with Crippen LogP contribution in [0.25, 0.3) is 0 Å². The Balaban J connectivity index is 3.18. The van der Waals surface area contributed by atoms with Gasteiger partial charge in [0.15, 0.2) is 0 Å². The van der Waals surface area contributed by atoms with Crippen molar-refractivity contribution < 1.29 is 24.3 Å². The number of rotatable bonds is 5. The van der Waals surface area contributed by atoms with Crippen molar-refractivity contribution >= 4 is 46.4 Å². The van der Waals surface area contributed by atoms with E-state index in [0.717, 1.165) is 0 Å². The van der Waals surface area contributed by atoms with Crippen molar-refractivity contribution in [2.75, 3.05) is 6.61 Å². The van der Waals surface area contributed by atoms with Crippen LogP contribution in [0, 0.1) is 0 Å². The molecule has 1 N–H and O–H groups in total. The Bertz CT molecular complexity index is 577. The van der Waals surface area contributed by atoms with Gasteiger partial charge in [0, 0.05) is 0 Å². The third kappa shape index (κ3) is 3.34. The lowest BCUT2D eigenvalue weighted by Crippen LogP contribution is -2.32. The molecule has 0 heterocycles. The Hall–Kier alpha value is -1.92. The molecular weight excluding hydrogens is 309 g/mol. The second kappa shape index (κ2) is 7.02. The zero-order valence-corrected chi connectivity index (χ0v) is 11.7. The number of Topliss-reactive ketones (excluding diaryl/α,β-unsaturated/α-hetero) is 2. The number of ether oxygens (including phenoxy) is 1. The predicted octanol–water partition coefficient (Wildman–Crippen LogP) is 2.14. The molecule has 0 radical (unpaired) electrons. The van der Waals surface area contributed by atoms with Gasteiger partial charge in [0.25, 0.3) is 5.78 Å². The van der Waals surface area contributed by atoms with Gasteiger partial charge in [0.1, 0.15) is 0 Å². The normalized spacial score (nSPS) is 11.1. The molecule has 0 atom stereocenters. The summed E-state index contributed by atoms with van der Waals surface area (Å²) in [6.45, 7) is 1.41. The van der Waals surface area contributed by atoms with E-state index < -0.39 is 23.2 Å². The molecule has 106 valence electrons. The van der Waals surface area contributed by atoms with Crippen molar-refractivity contribution in [3.05, 3.63) is 33.8 Å². The van der Waals surface area contributed by atoms with Crippen molar-refractivity contribution in [1.82, 2.24) is 0 Å². The summed E-state index contributed by atoms with van der Waals surface area (Å²) in [4.78, 5) is 35.0. The van der Waals surface area contributed by atoms with Crippen LogP contribution >= 0.6 is 23.2 Å². The van der Waals surface area contributed by atoms with Gasteiger partial charge in [-0.05, 0) is 19.1 Å². The van der Waals surface area contributed by atoms with Crippen molar-refractivity contribution in [3.63, 3.8) is 0 Å². The zero-order valence-electron chi connectivity index (χ0n) is 10.2. The lowest BCUT2D eigenvalue weighted by molar-refractivity contribution is -0.150. The van der Waals surface area contributed by atoms with Crippen LogP contribution < -0.4 is 0 Å². The summed E-state index contributed by atoms with van der Waals surface area (Å²) in [6.07, 6.45) is 0. The lowest BCUT2D eigenvalue weighted by atomic mass is 10.0. The van der Waals surface area contributed by atoms with E-state index in [4.69, 9.17) is 28.4 Å². The lowest BCUT2D eigenvalue weighted by Gasteiger charge is -2.06. The van der Waals surface area contributed by atoms with E-state index in [0.29, 0.717) is 0 Å². The standard InChI is InChI=1S/C12H9Cl2NO5/c1-2-20-12(18)11(17)9(15-19)10(16)8-6(13)4-3-5-7(8)14/h3-5,19H,2H2,1H3/b15-9+. The number of nitrogens with zero attached hydrogens (tertiary/aromatic N) is 1. The van der Waals surface area contributed by atoms with E-state index in [1.807, 2.05) is 0 Å². The van der Waals surface area contributed by atoms with Crippen LogP contribution in [-0.4, -0.2) is 35.1 Å². The van der Waals surface area contributed by atoms with Crippen LogP contribution in [0.5, 0.6) is 0 Å². The largest absolute Gasteiger partial charge is 0.460 e. The van der Waals surface area contributed by atoms with E-state index in [-0.39, 0.29) is 22.2 Å². The first-order chi connectivity index (χ1) is 9.43. The zero-order chi connectivity index (χ0) is 15.3. The molecule has 0 spiro atoms. The fraction of sp³-hybridized carbons (Fsp3) is 0.167. The number of ketones is 2. The molecule has 0 aromatic heterocycles. The van der Waals surface area contributed by atoms with E-state index in [9.17, 15) is 14.4 Å². The number of benzene rings is 1. The van der Waals surface area contributed by atoms with Crippen molar-refractivity contribution in [1.29, 1.82) is 0 Å². The number of hydrogen-bond donors (Lipinski definition) is 1.